The fourth-order valence-corrected chi connectivity index (χ4v) is 2.05. The molecule has 0 saturated heterocycles. The summed E-state index contributed by atoms with van der Waals surface area (Å²) in [6.45, 7) is 1.77. The minimum atomic E-state index is -1.22. The van der Waals surface area contributed by atoms with E-state index in [1.54, 1.807) is 18.5 Å². The lowest BCUT2D eigenvalue weighted by molar-refractivity contribution is 0.0684. The molecular formula is C10H10N4O3S. The molecule has 0 fully saturated rings. The molecule has 1 atom stereocenters. The molecule has 0 saturated carbocycles. The Hall–Kier alpha value is -2.22. The second kappa shape index (κ2) is 4.96. The molecule has 1 unspecified atom stereocenters. The fourth-order valence-electron chi connectivity index (χ4n) is 1.40. The molecular weight excluding hydrogens is 256 g/mol. The van der Waals surface area contributed by atoms with E-state index in [1.165, 1.54) is 17.7 Å². The number of aromatic nitrogens is 3. The number of aromatic amines is 1. The highest BCUT2D eigenvalue weighted by Gasteiger charge is 2.21. The van der Waals surface area contributed by atoms with E-state index in [0.29, 0.717) is 0 Å². The molecule has 0 bridgehead atoms. The number of rotatable bonds is 4. The van der Waals surface area contributed by atoms with Gasteiger partial charge in [-0.25, -0.2) is 14.8 Å². The highest BCUT2D eigenvalue weighted by atomic mass is 32.1. The Balaban J connectivity index is 2.13. The second-order valence-corrected chi connectivity index (χ2v) is 4.42. The van der Waals surface area contributed by atoms with Crippen molar-refractivity contribution >= 4 is 23.2 Å². The van der Waals surface area contributed by atoms with Gasteiger partial charge in [0, 0.05) is 11.6 Å². The topological polar surface area (TPSA) is 108 Å². The van der Waals surface area contributed by atoms with E-state index >= 15 is 0 Å². The quantitative estimate of drug-likeness (QED) is 0.766. The lowest BCUT2D eigenvalue weighted by Crippen LogP contribution is -2.28. The number of imidazole rings is 1. The molecule has 0 spiro atoms. The Labute approximate surface area is 106 Å². The number of carboxylic acid groups (broad SMARTS) is 1. The van der Waals surface area contributed by atoms with Crippen LogP contribution in [0.5, 0.6) is 0 Å². The third kappa shape index (κ3) is 2.38. The molecule has 0 aromatic carbocycles. The van der Waals surface area contributed by atoms with Crippen molar-refractivity contribution in [1.29, 1.82) is 0 Å². The number of thiazole rings is 1. The maximum atomic E-state index is 11.9. The van der Waals surface area contributed by atoms with Crippen LogP contribution >= 0.6 is 11.3 Å². The molecule has 2 aromatic heterocycles. The lowest BCUT2D eigenvalue weighted by atomic mass is 10.2. The Bertz CT molecular complexity index is 563. The number of nitrogens with one attached hydrogen (secondary N) is 2. The zero-order valence-electron chi connectivity index (χ0n) is 9.38. The van der Waals surface area contributed by atoms with Gasteiger partial charge in [0.25, 0.3) is 5.91 Å². The van der Waals surface area contributed by atoms with Gasteiger partial charge in [-0.1, -0.05) is 0 Å². The van der Waals surface area contributed by atoms with Crippen LogP contribution in [-0.4, -0.2) is 31.9 Å². The van der Waals surface area contributed by atoms with Crippen LogP contribution in [0.25, 0.3) is 0 Å². The monoisotopic (exact) mass is 266 g/mol. The van der Waals surface area contributed by atoms with E-state index < -0.39 is 11.9 Å². The first-order chi connectivity index (χ1) is 8.59. The zero-order valence-corrected chi connectivity index (χ0v) is 10.2. The minimum absolute atomic E-state index is 0.133. The van der Waals surface area contributed by atoms with Crippen LogP contribution in [0.3, 0.4) is 0 Å². The molecule has 7 nitrogen and oxygen atoms in total. The minimum Gasteiger partial charge on any atom is -0.477 e. The van der Waals surface area contributed by atoms with E-state index in [4.69, 9.17) is 5.11 Å². The van der Waals surface area contributed by atoms with E-state index in [2.05, 4.69) is 20.3 Å². The molecule has 2 heterocycles. The Morgan fingerprint density at radius 1 is 1.50 bits per heavy atom. The highest BCUT2D eigenvalue weighted by molar-refractivity contribution is 7.09. The number of carbonyl (C=O) groups is 2. The largest absolute Gasteiger partial charge is 0.477 e. The smallest absolute Gasteiger partial charge is 0.354 e. The average Bonchev–Trinajstić information content (AvgIpc) is 3.00. The normalized spacial score (nSPS) is 12.1. The first kappa shape index (κ1) is 12.2. The van der Waals surface area contributed by atoms with Gasteiger partial charge < -0.3 is 15.4 Å². The molecule has 2 aromatic rings. The summed E-state index contributed by atoms with van der Waals surface area (Å²) in [5.41, 5.74) is -0.357. The predicted molar refractivity (Wildman–Crippen MR) is 63.5 cm³/mol. The van der Waals surface area contributed by atoms with Gasteiger partial charge >= 0.3 is 5.97 Å². The summed E-state index contributed by atoms with van der Waals surface area (Å²) in [5, 5.41) is 14.0. The number of carboxylic acids is 1. The maximum Gasteiger partial charge on any atom is 0.354 e. The molecule has 3 N–H and O–H groups in total. The second-order valence-electron chi connectivity index (χ2n) is 3.50. The van der Waals surface area contributed by atoms with E-state index in [-0.39, 0.29) is 17.4 Å². The van der Waals surface area contributed by atoms with Crippen molar-refractivity contribution in [3.05, 3.63) is 34.3 Å². The molecule has 0 aliphatic rings. The summed E-state index contributed by atoms with van der Waals surface area (Å²) < 4.78 is 0. The number of nitrogens with zero attached hydrogens (tertiary/aromatic N) is 2. The van der Waals surface area contributed by atoms with Crippen molar-refractivity contribution in [2.75, 3.05) is 0 Å². The van der Waals surface area contributed by atoms with Crippen molar-refractivity contribution in [2.24, 2.45) is 0 Å². The summed E-state index contributed by atoms with van der Waals surface area (Å²) in [6.07, 6.45) is 2.81. The molecule has 18 heavy (non-hydrogen) atoms. The van der Waals surface area contributed by atoms with Crippen LogP contribution in [0.15, 0.2) is 17.9 Å². The molecule has 0 radical (unpaired) electrons. The van der Waals surface area contributed by atoms with Crippen molar-refractivity contribution in [2.45, 2.75) is 13.0 Å². The SMILES string of the molecule is CC(NC(=O)c1nc[nH]c1C(=O)O)c1nccs1. The average molecular weight is 266 g/mol. The van der Waals surface area contributed by atoms with Gasteiger partial charge in [0.05, 0.1) is 12.4 Å². The van der Waals surface area contributed by atoms with Crippen LogP contribution in [-0.2, 0) is 0 Å². The molecule has 0 aliphatic heterocycles. The zero-order chi connectivity index (χ0) is 13.1. The number of H-pyrrole nitrogens is 1. The van der Waals surface area contributed by atoms with Crippen LogP contribution in [0, 0.1) is 0 Å². The standard InChI is InChI=1S/C10H10N4O3S/c1-5(9-11-2-3-18-9)14-8(15)6-7(10(16)17)13-4-12-6/h2-5H,1H3,(H,12,13)(H,14,15)(H,16,17). The summed E-state index contributed by atoms with van der Waals surface area (Å²) in [7, 11) is 0. The summed E-state index contributed by atoms with van der Waals surface area (Å²) in [5.74, 6) is -1.77. The van der Waals surface area contributed by atoms with Crippen LogP contribution < -0.4 is 5.32 Å². The molecule has 8 heteroatoms. The molecule has 0 aliphatic carbocycles. The number of carbonyl (C=O) groups excluding carboxylic acids is 1. The summed E-state index contributed by atoms with van der Waals surface area (Å²) >= 11 is 1.41. The first-order valence-electron chi connectivity index (χ1n) is 5.06. The van der Waals surface area contributed by atoms with Gasteiger partial charge in [0.2, 0.25) is 0 Å². The van der Waals surface area contributed by atoms with Gasteiger partial charge in [0.15, 0.2) is 11.4 Å². The van der Waals surface area contributed by atoms with Gasteiger partial charge in [-0.15, -0.1) is 11.3 Å². The van der Waals surface area contributed by atoms with Crippen LogP contribution in [0.2, 0.25) is 0 Å². The molecule has 1 amide bonds. The number of amides is 1. The number of hydrogen-bond donors (Lipinski definition) is 3. The maximum absolute atomic E-state index is 11.9. The van der Waals surface area contributed by atoms with Crippen molar-refractivity contribution < 1.29 is 14.7 Å². The van der Waals surface area contributed by atoms with Gasteiger partial charge in [-0.3, -0.25) is 4.79 Å². The van der Waals surface area contributed by atoms with Crippen LogP contribution in [0.1, 0.15) is 39.0 Å². The van der Waals surface area contributed by atoms with Crippen molar-refractivity contribution in [3.63, 3.8) is 0 Å². The Kier molecular flexibility index (Phi) is 3.38. The van der Waals surface area contributed by atoms with Crippen LogP contribution in [0.4, 0.5) is 0 Å². The summed E-state index contributed by atoms with van der Waals surface area (Å²) in [6, 6.07) is -0.296. The van der Waals surface area contributed by atoms with E-state index in [0.717, 1.165) is 5.01 Å². The number of hydrogen-bond acceptors (Lipinski definition) is 5. The first-order valence-corrected chi connectivity index (χ1v) is 5.94. The van der Waals surface area contributed by atoms with Gasteiger partial charge in [-0.2, -0.15) is 0 Å². The molecule has 94 valence electrons. The summed E-state index contributed by atoms with van der Waals surface area (Å²) in [4.78, 5) is 32.9. The molecule has 2 rings (SSSR count). The highest BCUT2D eigenvalue weighted by Crippen LogP contribution is 2.15. The van der Waals surface area contributed by atoms with E-state index in [1.807, 2.05) is 0 Å². The lowest BCUT2D eigenvalue weighted by Gasteiger charge is -2.10. The van der Waals surface area contributed by atoms with Gasteiger partial charge in [-0.05, 0) is 6.92 Å². The number of aromatic carboxylic acids is 1. The van der Waals surface area contributed by atoms with Crippen molar-refractivity contribution in [3.8, 4) is 0 Å². The van der Waals surface area contributed by atoms with Gasteiger partial charge in [0.1, 0.15) is 5.01 Å². The van der Waals surface area contributed by atoms with E-state index in [9.17, 15) is 9.59 Å². The third-order valence-electron chi connectivity index (χ3n) is 2.24. The fraction of sp³-hybridized carbons (Fsp3) is 0.200. The predicted octanol–water partition coefficient (Wildman–Crippen LogP) is 1.06. The Morgan fingerprint density at radius 3 is 2.89 bits per heavy atom. The van der Waals surface area contributed by atoms with Crippen molar-refractivity contribution in [1.82, 2.24) is 20.3 Å². The Morgan fingerprint density at radius 2 is 2.28 bits per heavy atom. The third-order valence-corrected chi connectivity index (χ3v) is 3.20.